The standard InChI is InChI=1S/C21H19FN2O4S/c1-13-3-8-19(18(22)9-13)24-20(25)11-28-21(26)15-4-6-17(7-5-15)27-10-16-12-29-14(2)23-16/h3-9,12H,10-11H2,1-2H3,(H,24,25). The highest BCUT2D eigenvalue weighted by Crippen LogP contribution is 2.17. The van der Waals surface area contributed by atoms with Crippen molar-refractivity contribution in [2.75, 3.05) is 11.9 Å². The summed E-state index contributed by atoms with van der Waals surface area (Å²) >= 11 is 1.55. The Bertz CT molecular complexity index is 1020. The lowest BCUT2D eigenvalue weighted by molar-refractivity contribution is -0.119. The zero-order valence-corrected chi connectivity index (χ0v) is 16.7. The first-order valence-electron chi connectivity index (χ1n) is 8.78. The van der Waals surface area contributed by atoms with Crippen LogP contribution in [-0.2, 0) is 16.1 Å². The molecule has 0 atom stereocenters. The Morgan fingerprint density at radius 3 is 2.55 bits per heavy atom. The van der Waals surface area contributed by atoms with Crippen molar-refractivity contribution in [3.8, 4) is 5.75 Å². The third-order valence-corrected chi connectivity index (χ3v) is 4.70. The van der Waals surface area contributed by atoms with Crippen molar-refractivity contribution in [1.29, 1.82) is 0 Å². The number of carbonyl (C=O) groups is 2. The van der Waals surface area contributed by atoms with Crippen LogP contribution in [0, 0.1) is 19.7 Å². The first-order chi connectivity index (χ1) is 13.9. The maximum atomic E-state index is 13.7. The van der Waals surface area contributed by atoms with E-state index in [9.17, 15) is 14.0 Å². The van der Waals surface area contributed by atoms with Crippen LogP contribution in [0.5, 0.6) is 5.75 Å². The maximum Gasteiger partial charge on any atom is 0.338 e. The van der Waals surface area contributed by atoms with Gasteiger partial charge in [0, 0.05) is 5.38 Å². The van der Waals surface area contributed by atoms with Gasteiger partial charge >= 0.3 is 5.97 Å². The molecule has 1 aromatic heterocycles. The van der Waals surface area contributed by atoms with Crippen LogP contribution in [0.1, 0.15) is 26.6 Å². The van der Waals surface area contributed by atoms with E-state index in [1.807, 2.05) is 12.3 Å². The van der Waals surface area contributed by atoms with Crippen LogP contribution in [0.15, 0.2) is 47.8 Å². The molecular weight excluding hydrogens is 395 g/mol. The van der Waals surface area contributed by atoms with E-state index in [4.69, 9.17) is 9.47 Å². The lowest BCUT2D eigenvalue weighted by Gasteiger charge is -2.08. The lowest BCUT2D eigenvalue weighted by atomic mass is 10.2. The Labute approximate surface area is 171 Å². The summed E-state index contributed by atoms with van der Waals surface area (Å²) in [5.74, 6) is -1.25. The summed E-state index contributed by atoms with van der Waals surface area (Å²) in [6.07, 6.45) is 0. The second kappa shape index (κ2) is 9.29. The molecule has 8 heteroatoms. The van der Waals surface area contributed by atoms with E-state index in [-0.39, 0.29) is 11.3 Å². The Morgan fingerprint density at radius 2 is 1.90 bits per heavy atom. The van der Waals surface area contributed by atoms with Crippen molar-refractivity contribution in [2.45, 2.75) is 20.5 Å². The molecule has 2 aromatic carbocycles. The van der Waals surface area contributed by atoms with Crippen LogP contribution in [0.3, 0.4) is 0 Å². The summed E-state index contributed by atoms with van der Waals surface area (Å²) in [5.41, 5.74) is 1.89. The van der Waals surface area contributed by atoms with Crippen LogP contribution in [0.25, 0.3) is 0 Å². The predicted molar refractivity (Wildman–Crippen MR) is 108 cm³/mol. The van der Waals surface area contributed by atoms with Crippen molar-refractivity contribution >= 4 is 28.9 Å². The molecule has 3 rings (SSSR count). The van der Waals surface area contributed by atoms with Gasteiger partial charge in [-0.3, -0.25) is 4.79 Å². The van der Waals surface area contributed by atoms with Crippen LogP contribution in [-0.4, -0.2) is 23.5 Å². The fourth-order valence-electron chi connectivity index (χ4n) is 2.44. The largest absolute Gasteiger partial charge is 0.487 e. The lowest BCUT2D eigenvalue weighted by Crippen LogP contribution is -2.21. The second-order valence-corrected chi connectivity index (χ2v) is 7.34. The molecule has 0 saturated carbocycles. The zero-order valence-electron chi connectivity index (χ0n) is 15.9. The van der Waals surface area contributed by atoms with E-state index in [1.165, 1.54) is 12.1 Å². The molecule has 29 heavy (non-hydrogen) atoms. The molecule has 0 spiro atoms. The van der Waals surface area contributed by atoms with Gasteiger partial charge in [0.25, 0.3) is 5.91 Å². The number of hydrogen-bond acceptors (Lipinski definition) is 6. The molecule has 6 nitrogen and oxygen atoms in total. The molecule has 0 unspecified atom stereocenters. The number of benzene rings is 2. The smallest absolute Gasteiger partial charge is 0.338 e. The highest BCUT2D eigenvalue weighted by atomic mass is 32.1. The highest BCUT2D eigenvalue weighted by molar-refractivity contribution is 7.09. The number of thiazole rings is 1. The summed E-state index contributed by atoms with van der Waals surface area (Å²) in [5, 5.41) is 5.26. The van der Waals surface area contributed by atoms with E-state index in [0.29, 0.717) is 12.4 Å². The minimum absolute atomic E-state index is 0.0356. The number of nitrogens with one attached hydrogen (secondary N) is 1. The molecule has 0 radical (unpaired) electrons. The Balaban J connectivity index is 1.48. The number of amides is 1. The number of aryl methyl sites for hydroxylation is 2. The average molecular weight is 414 g/mol. The molecule has 3 aromatic rings. The van der Waals surface area contributed by atoms with E-state index in [2.05, 4.69) is 10.3 Å². The zero-order chi connectivity index (χ0) is 20.8. The summed E-state index contributed by atoms with van der Waals surface area (Å²) < 4.78 is 24.3. The Hall–Kier alpha value is -3.26. The summed E-state index contributed by atoms with van der Waals surface area (Å²) in [6, 6.07) is 10.8. The van der Waals surface area contributed by atoms with Crippen LogP contribution in [0.2, 0.25) is 0 Å². The monoisotopic (exact) mass is 414 g/mol. The molecular formula is C21H19FN2O4S. The van der Waals surface area contributed by atoms with Crippen LogP contribution >= 0.6 is 11.3 Å². The van der Waals surface area contributed by atoms with E-state index >= 15 is 0 Å². The SMILES string of the molecule is Cc1ccc(NC(=O)COC(=O)c2ccc(OCc3csc(C)n3)cc2)c(F)c1. The van der Waals surface area contributed by atoms with Crippen molar-refractivity contribution in [1.82, 2.24) is 4.98 Å². The average Bonchev–Trinajstić information content (AvgIpc) is 3.12. The molecule has 0 aliphatic heterocycles. The van der Waals surface area contributed by atoms with Gasteiger partial charge in [-0.15, -0.1) is 11.3 Å². The maximum absolute atomic E-state index is 13.7. The number of esters is 1. The Morgan fingerprint density at radius 1 is 1.14 bits per heavy atom. The Kier molecular flexibility index (Phi) is 6.56. The summed E-state index contributed by atoms with van der Waals surface area (Å²) in [4.78, 5) is 28.3. The third-order valence-electron chi connectivity index (χ3n) is 3.88. The minimum atomic E-state index is -0.661. The number of nitrogens with zero attached hydrogens (tertiary/aromatic N) is 1. The van der Waals surface area contributed by atoms with Crippen molar-refractivity contribution in [3.63, 3.8) is 0 Å². The van der Waals surface area contributed by atoms with Gasteiger partial charge in [-0.2, -0.15) is 0 Å². The topological polar surface area (TPSA) is 77.5 Å². The normalized spacial score (nSPS) is 10.4. The summed E-state index contributed by atoms with van der Waals surface area (Å²) in [7, 11) is 0. The predicted octanol–water partition coefficient (Wildman–Crippen LogP) is 4.27. The molecule has 1 N–H and O–H groups in total. The number of hydrogen-bond donors (Lipinski definition) is 1. The van der Waals surface area contributed by atoms with Gasteiger partial charge in [0.1, 0.15) is 18.2 Å². The fourth-order valence-corrected chi connectivity index (χ4v) is 3.04. The number of halogens is 1. The second-order valence-electron chi connectivity index (χ2n) is 6.28. The number of aromatic nitrogens is 1. The minimum Gasteiger partial charge on any atom is -0.487 e. The molecule has 0 aliphatic carbocycles. The third kappa shape index (κ3) is 5.86. The number of ether oxygens (including phenoxy) is 2. The van der Waals surface area contributed by atoms with Gasteiger partial charge in [-0.1, -0.05) is 6.07 Å². The van der Waals surface area contributed by atoms with Crippen molar-refractivity contribution in [3.05, 3.63) is 75.5 Å². The number of carbonyl (C=O) groups excluding carboxylic acids is 2. The summed E-state index contributed by atoms with van der Waals surface area (Å²) in [6.45, 7) is 3.48. The number of rotatable bonds is 7. The van der Waals surface area contributed by atoms with Gasteiger partial charge in [0.15, 0.2) is 6.61 Å². The molecule has 0 bridgehead atoms. The molecule has 150 valence electrons. The fraction of sp³-hybridized carbons (Fsp3) is 0.190. The molecule has 0 fully saturated rings. The first-order valence-corrected chi connectivity index (χ1v) is 9.65. The molecule has 0 aliphatic rings. The number of anilines is 1. The van der Waals surface area contributed by atoms with Gasteiger partial charge in [0.05, 0.1) is 22.0 Å². The molecule has 1 heterocycles. The van der Waals surface area contributed by atoms with Gasteiger partial charge in [0.2, 0.25) is 0 Å². The van der Waals surface area contributed by atoms with E-state index < -0.39 is 24.3 Å². The van der Waals surface area contributed by atoms with Gasteiger partial charge in [-0.25, -0.2) is 14.2 Å². The highest BCUT2D eigenvalue weighted by Gasteiger charge is 2.12. The van der Waals surface area contributed by atoms with Crippen LogP contribution in [0.4, 0.5) is 10.1 Å². The molecule has 0 saturated heterocycles. The quantitative estimate of drug-likeness (QED) is 0.584. The van der Waals surface area contributed by atoms with Gasteiger partial charge < -0.3 is 14.8 Å². The van der Waals surface area contributed by atoms with Crippen LogP contribution < -0.4 is 10.1 Å². The van der Waals surface area contributed by atoms with Crippen molar-refractivity contribution < 1.29 is 23.5 Å². The van der Waals surface area contributed by atoms with Gasteiger partial charge in [-0.05, 0) is 55.8 Å². The van der Waals surface area contributed by atoms with E-state index in [0.717, 1.165) is 16.3 Å². The van der Waals surface area contributed by atoms with Crippen molar-refractivity contribution in [2.24, 2.45) is 0 Å². The molecule has 1 amide bonds. The van der Waals surface area contributed by atoms with E-state index in [1.54, 1.807) is 48.6 Å². The first kappa shape index (κ1) is 20.5.